The highest BCUT2D eigenvalue weighted by Crippen LogP contribution is 2.15. The molecule has 2 N–H and O–H groups in total. The minimum absolute atomic E-state index is 0.152. The molecule has 0 radical (unpaired) electrons. The summed E-state index contributed by atoms with van der Waals surface area (Å²) in [6.07, 6.45) is 3.07. The van der Waals surface area contributed by atoms with E-state index >= 15 is 0 Å². The van der Waals surface area contributed by atoms with Crippen molar-refractivity contribution in [2.75, 3.05) is 11.9 Å². The molecule has 2 aromatic rings. The van der Waals surface area contributed by atoms with Gasteiger partial charge in [-0.05, 0) is 42.7 Å². The van der Waals surface area contributed by atoms with Crippen LogP contribution >= 0.6 is 0 Å². The summed E-state index contributed by atoms with van der Waals surface area (Å²) in [5, 5.41) is 2.57. The molecule has 1 aromatic carbocycles. The van der Waals surface area contributed by atoms with E-state index in [0.717, 1.165) is 16.7 Å². The number of amides is 1. The number of sulfonamides is 1. The zero-order valence-electron chi connectivity index (χ0n) is 13.0. The number of carbonyl (C=O) groups is 1. The van der Waals surface area contributed by atoms with E-state index in [2.05, 4.69) is 15.0 Å². The summed E-state index contributed by atoms with van der Waals surface area (Å²) in [6, 6.07) is 8.88. The lowest BCUT2D eigenvalue weighted by atomic mass is 10.1. The van der Waals surface area contributed by atoms with Crippen molar-refractivity contribution < 1.29 is 13.2 Å². The number of hydrogen-bond acceptors (Lipinski definition) is 4. The summed E-state index contributed by atoms with van der Waals surface area (Å²) in [5.41, 5.74) is 3.22. The Balaban J connectivity index is 1.94. The Morgan fingerprint density at radius 2 is 1.96 bits per heavy atom. The number of nitrogens with one attached hydrogen (secondary N) is 2. The normalized spacial score (nSPS) is 11.2. The van der Waals surface area contributed by atoms with Crippen molar-refractivity contribution in [2.45, 2.75) is 19.6 Å². The van der Waals surface area contributed by atoms with Crippen LogP contribution in [0.4, 0.5) is 5.69 Å². The van der Waals surface area contributed by atoms with Crippen molar-refractivity contribution in [3.05, 3.63) is 59.4 Å². The fourth-order valence-corrected chi connectivity index (χ4v) is 3.22. The van der Waals surface area contributed by atoms with E-state index in [1.807, 2.05) is 26.0 Å². The fourth-order valence-electron chi connectivity index (χ4n) is 2.04. The van der Waals surface area contributed by atoms with E-state index < -0.39 is 15.9 Å². The summed E-state index contributed by atoms with van der Waals surface area (Å²) in [5.74, 6) is -0.594. The number of aryl methyl sites for hydroxylation is 1. The summed E-state index contributed by atoms with van der Waals surface area (Å²) in [7, 11) is -3.59. The summed E-state index contributed by atoms with van der Waals surface area (Å²) >= 11 is 0. The molecule has 122 valence electrons. The summed E-state index contributed by atoms with van der Waals surface area (Å²) in [6.45, 7) is 3.50. The molecular formula is C16H19N3O3S. The lowest BCUT2D eigenvalue weighted by Gasteiger charge is -2.10. The minimum Gasteiger partial charge on any atom is -0.324 e. The van der Waals surface area contributed by atoms with Gasteiger partial charge in [-0.3, -0.25) is 9.78 Å². The second-order valence-electron chi connectivity index (χ2n) is 5.23. The molecule has 1 heterocycles. The lowest BCUT2D eigenvalue weighted by Crippen LogP contribution is -2.33. The first-order valence-corrected chi connectivity index (χ1v) is 8.75. The SMILES string of the molecule is Cc1cccc(CS(=O)(=O)NCC(=O)Nc2cccnc2)c1C. The molecule has 0 bridgehead atoms. The molecule has 1 aromatic heterocycles. The van der Waals surface area contributed by atoms with Crippen LogP contribution in [0.3, 0.4) is 0 Å². The standard InChI is InChI=1S/C16H19N3O3S/c1-12-5-3-6-14(13(12)2)11-23(21,22)18-10-16(20)19-15-7-4-8-17-9-15/h3-9,18H,10-11H2,1-2H3,(H,19,20). The zero-order valence-corrected chi connectivity index (χ0v) is 13.9. The van der Waals surface area contributed by atoms with Crippen molar-refractivity contribution in [1.82, 2.24) is 9.71 Å². The molecule has 0 aliphatic heterocycles. The Morgan fingerprint density at radius 1 is 1.17 bits per heavy atom. The van der Waals surface area contributed by atoms with Gasteiger partial charge in [0, 0.05) is 6.20 Å². The molecule has 0 spiro atoms. The van der Waals surface area contributed by atoms with Crippen molar-refractivity contribution >= 4 is 21.6 Å². The number of anilines is 1. The summed E-state index contributed by atoms with van der Waals surface area (Å²) < 4.78 is 26.5. The van der Waals surface area contributed by atoms with Gasteiger partial charge in [0.15, 0.2) is 0 Å². The quantitative estimate of drug-likeness (QED) is 0.843. The molecule has 0 aliphatic rings. The number of carbonyl (C=O) groups excluding carboxylic acids is 1. The number of aromatic nitrogens is 1. The van der Waals surface area contributed by atoms with E-state index in [1.165, 1.54) is 6.20 Å². The van der Waals surface area contributed by atoms with Gasteiger partial charge < -0.3 is 5.32 Å². The maximum Gasteiger partial charge on any atom is 0.239 e. The number of pyridine rings is 1. The van der Waals surface area contributed by atoms with Crippen molar-refractivity contribution in [1.29, 1.82) is 0 Å². The van der Waals surface area contributed by atoms with E-state index in [1.54, 1.807) is 24.4 Å². The van der Waals surface area contributed by atoms with E-state index in [4.69, 9.17) is 0 Å². The van der Waals surface area contributed by atoms with Gasteiger partial charge >= 0.3 is 0 Å². The second kappa shape index (κ2) is 7.34. The predicted molar refractivity (Wildman–Crippen MR) is 89.4 cm³/mol. The molecule has 6 nitrogen and oxygen atoms in total. The largest absolute Gasteiger partial charge is 0.324 e. The molecule has 1 amide bonds. The molecule has 0 fully saturated rings. The van der Waals surface area contributed by atoms with Crippen LogP contribution in [0.2, 0.25) is 0 Å². The highest BCUT2D eigenvalue weighted by atomic mass is 32.2. The maximum absolute atomic E-state index is 12.1. The first-order valence-electron chi connectivity index (χ1n) is 7.10. The van der Waals surface area contributed by atoms with Crippen LogP contribution in [-0.4, -0.2) is 25.9 Å². The third-order valence-electron chi connectivity index (χ3n) is 3.46. The maximum atomic E-state index is 12.1. The molecule has 0 saturated carbocycles. The minimum atomic E-state index is -3.59. The molecule has 0 saturated heterocycles. The van der Waals surface area contributed by atoms with Gasteiger partial charge in [0.25, 0.3) is 0 Å². The predicted octanol–water partition coefficient (Wildman–Crippen LogP) is 1.76. The number of benzene rings is 1. The lowest BCUT2D eigenvalue weighted by molar-refractivity contribution is -0.115. The van der Waals surface area contributed by atoms with E-state index in [-0.39, 0.29) is 12.3 Å². The molecule has 0 unspecified atom stereocenters. The molecule has 2 rings (SSSR count). The molecule has 0 atom stereocenters. The fraction of sp³-hybridized carbons (Fsp3) is 0.250. The second-order valence-corrected chi connectivity index (χ2v) is 7.04. The van der Waals surface area contributed by atoms with Crippen LogP contribution in [-0.2, 0) is 20.6 Å². The monoisotopic (exact) mass is 333 g/mol. The Hall–Kier alpha value is -2.25. The number of nitrogens with zero attached hydrogens (tertiary/aromatic N) is 1. The van der Waals surface area contributed by atoms with Crippen molar-refractivity contribution in [2.24, 2.45) is 0 Å². The highest BCUT2D eigenvalue weighted by molar-refractivity contribution is 7.88. The summed E-state index contributed by atoms with van der Waals surface area (Å²) in [4.78, 5) is 15.6. The van der Waals surface area contributed by atoms with Crippen LogP contribution in [0, 0.1) is 13.8 Å². The smallest absolute Gasteiger partial charge is 0.239 e. The number of rotatable bonds is 6. The van der Waals surface area contributed by atoms with Gasteiger partial charge in [0.1, 0.15) is 0 Å². The van der Waals surface area contributed by atoms with Gasteiger partial charge in [-0.1, -0.05) is 18.2 Å². The third kappa shape index (κ3) is 5.15. The Morgan fingerprint density at radius 3 is 2.65 bits per heavy atom. The average molecular weight is 333 g/mol. The molecular weight excluding hydrogens is 314 g/mol. The zero-order chi connectivity index (χ0) is 16.9. The van der Waals surface area contributed by atoms with E-state index in [0.29, 0.717) is 5.69 Å². The van der Waals surface area contributed by atoms with Crippen LogP contribution in [0.15, 0.2) is 42.7 Å². The van der Waals surface area contributed by atoms with E-state index in [9.17, 15) is 13.2 Å². The van der Waals surface area contributed by atoms with Gasteiger partial charge in [-0.25, -0.2) is 13.1 Å². The van der Waals surface area contributed by atoms with Crippen molar-refractivity contribution in [3.8, 4) is 0 Å². The Kier molecular flexibility index (Phi) is 5.46. The topological polar surface area (TPSA) is 88.2 Å². The first kappa shape index (κ1) is 17.1. The van der Waals surface area contributed by atoms with Crippen LogP contribution < -0.4 is 10.0 Å². The van der Waals surface area contributed by atoms with Gasteiger partial charge in [-0.2, -0.15) is 0 Å². The number of hydrogen-bond donors (Lipinski definition) is 2. The van der Waals surface area contributed by atoms with Crippen LogP contribution in [0.1, 0.15) is 16.7 Å². The molecule has 7 heteroatoms. The van der Waals surface area contributed by atoms with Crippen molar-refractivity contribution in [3.63, 3.8) is 0 Å². The van der Waals surface area contributed by atoms with Gasteiger partial charge in [-0.15, -0.1) is 0 Å². The van der Waals surface area contributed by atoms with Gasteiger partial charge in [0.05, 0.1) is 24.2 Å². The Labute approximate surface area is 136 Å². The molecule has 0 aliphatic carbocycles. The molecule has 23 heavy (non-hydrogen) atoms. The van der Waals surface area contributed by atoms with Crippen LogP contribution in [0.25, 0.3) is 0 Å². The average Bonchev–Trinajstić information content (AvgIpc) is 2.51. The third-order valence-corrected chi connectivity index (χ3v) is 4.74. The first-order chi connectivity index (χ1) is 10.9. The van der Waals surface area contributed by atoms with Crippen LogP contribution in [0.5, 0.6) is 0 Å². The highest BCUT2D eigenvalue weighted by Gasteiger charge is 2.15. The van der Waals surface area contributed by atoms with Gasteiger partial charge in [0.2, 0.25) is 15.9 Å². The Bertz CT molecular complexity index is 789.